The van der Waals surface area contributed by atoms with Crippen LogP contribution in [0.25, 0.3) is 0 Å². The number of nitrogens with zero attached hydrogens (tertiary/aromatic N) is 1. The van der Waals surface area contributed by atoms with Crippen molar-refractivity contribution in [3.63, 3.8) is 0 Å². The first-order valence-corrected chi connectivity index (χ1v) is 8.17. The molecule has 1 N–H and O–H groups in total. The molecule has 1 aliphatic heterocycles. The van der Waals surface area contributed by atoms with E-state index in [1.807, 2.05) is 24.3 Å². The van der Waals surface area contributed by atoms with Gasteiger partial charge in [0.2, 0.25) is 5.91 Å². The molecule has 2 rings (SSSR count). The first-order chi connectivity index (χ1) is 10.1. The van der Waals surface area contributed by atoms with E-state index in [0.29, 0.717) is 11.5 Å². The summed E-state index contributed by atoms with van der Waals surface area (Å²) in [5, 5.41) is 9.03. The number of rotatable bonds is 5. The van der Waals surface area contributed by atoms with Gasteiger partial charge in [-0.1, -0.05) is 12.1 Å². The van der Waals surface area contributed by atoms with Crippen molar-refractivity contribution in [2.24, 2.45) is 0 Å². The summed E-state index contributed by atoms with van der Waals surface area (Å²) < 4.78 is 5.11. The van der Waals surface area contributed by atoms with Crippen LogP contribution in [0, 0.1) is 0 Å². The van der Waals surface area contributed by atoms with Crippen molar-refractivity contribution in [1.82, 2.24) is 4.90 Å². The maximum Gasteiger partial charge on any atom is 0.327 e. The number of benzene rings is 1. The molecule has 0 aliphatic carbocycles. The van der Waals surface area contributed by atoms with Gasteiger partial charge in [0.15, 0.2) is 0 Å². The van der Waals surface area contributed by atoms with E-state index < -0.39 is 12.0 Å². The highest BCUT2D eigenvalue weighted by atomic mass is 32.2. The second-order valence-corrected chi connectivity index (χ2v) is 6.15. The summed E-state index contributed by atoms with van der Waals surface area (Å²) in [5.74, 6) is 0.380. The third kappa shape index (κ3) is 3.47. The molecule has 0 radical (unpaired) electrons. The van der Waals surface area contributed by atoms with Crippen LogP contribution in [0.1, 0.15) is 17.4 Å². The van der Waals surface area contributed by atoms with Crippen LogP contribution in [0.3, 0.4) is 0 Å². The van der Waals surface area contributed by atoms with Gasteiger partial charge in [-0.25, -0.2) is 4.79 Å². The summed E-state index contributed by atoms with van der Waals surface area (Å²) in [6.45, 7) is 0. The fourth-order valence-electron chi connectivity index (χ4n) is 2.25. The minimum Gasteiger partial charge on any atom is -0.497 e. The van der Waals surface area contributed by atoms with E-state index in [1.165, 1.54) is 16.7 Å². The Morgan fingerprint density at radius 3 is 2.62 bits per heavy atom. The predicted molar refractivity (Wildman–Crippen MR) is 84.9 cm³/mol. The number of carbonyl (C=O) groups excluding carboxylic acids is 1. The summed E-state index contributed by atoms with van der Waals surface area (Å²) in [6, 6.07) is 6.56. The molecule has 0 aromatic heterocycles. The van der Waals surface area contributed by atoms with Gasteiger partial charge in [-0.15, -0.1) is 11.8 Å². The smallest absolute Gasteiger partial charge is 0.327 e. The average molecular weight is 327 g/mol. The molecule has 1 aromatic rings. The second kappa shape index (κ2) is 7.09. The molecule has 1 aromatic carbocycles. The Hall–Kier alpha value is -1.34. The Morgan fingerprint density at radius 2 is 2.10 bits per heavy atom. The highest BCUT2D eigenvalue weighted by molar-refractivity contribution is 7.99. The van der Waals surface area contributed by atoms with Crippen molar-refractivity contribution in [2.45, 2.75) is 17.8 Å². The minimum absolute atomic E-state index is 0.178. The molecule has 1 aliphatic rings. The Balaban J connectivity index is 2.27. The molecule has 1 saturated heterocycles. The van der Waals surface area contributed by atoms with E-state index in [2.05, 4.69) is 12.6 Å². The predicted octanol–water partition coefficient (Wildman–Crippen LogP) is 2.04. The fraction of sp³-hybridized carbons (Fsp3) is 0.429. The number of thiol groups is 1. The number of thioether (sulfide) groups is 1. The van der Waals surface area contributed by atoms with Gasteiger partial charge in [0, 0.05) is 12.2 Å². The van der Waals surface area contributed by atoms with Crippen LogP contribution in [0.4, 0.5) is 0 Å². The first-order valence-electron chi connectivity index (χ1n) is 6.49. The van der Waals surface area contributed by atoms with Crippen molar-refractivity contribution in [3.05, 3.63) is 29.8 Å². The monoisotopic (exact) mass is 327 g/mol. The summed E-state index contributed by atoms with van der Waals surface area (Å²) in [6.07, 6.45) is 0.236. The lowest BCUT2D eigenvalue weighted by atomic mass is 10.1. The molecule has 0 bridgehead atoms. The lowest BCUT2D eigenvalue weighted by Gasteiger charge is -2.27. The quantitative estimate of drug-likeness (QED) is 0.810. The van der Waals surface area contributed by atoms with Crippen LogP contribution in [0.2, 0.25) is 0 Å². The normalized spacial score (nSPS) is 21.3. The third-order valence-electron chi connectivity index (χ3n) is 3.30. The number of amides is 1. The van der Waals surface area contributed by atoms with Crippen LogP contribution in [-0.2, 0) is 9.59 Å². The Kier molecular flexibility index (Phi) is 5.41. The van der Waals surface area contributed by atoms with Crippen molar-refractivity contribution in [3.8, 4) is 5.75 Å². The Bertz CT molecular complexity index is 520. The number of ether oxygens (including phenoxy) is 1. The van der Waals surface area contributed by atoms with E-state index in [-0.39, 0.29) is 17.7 Å². The number of methoxy groups -OCH3 is 1. The summed E-state index contributed by atoms with van der Waals surface area (Å²) in [5.41, 5.74) is 0.900. The summed E-state index contributed by atoms with van der Waals surface area (Å²) in [4.78, 5) is 25.1. The van der Waals surface area contributed by atoms with Crippen LogP contribution in [0.15, 0.2) is 24.3 Å². The van der Waals surface area contributed by atoms with Crippen LogP contribution >= 0.6 is 24.4 Å². The van der Waals surface area contributed by atoms with Gasteiger partial charge in [-0.2, -0.15) is 12.6 Å². The molecular weight excluding hydrogens is 310 g/mol. The van der Waals surface area contributed by atoms with E-state index in [9.17, 15) is 14.7 Å². The van der Waals surface area contributed by atoms with Gasteiger partial charge in [0.25, 0.3) is 0 Å². The largest absolute Gasteiger partial charge is 0.497 e. The molecule has 1 fully saturated rings. The number of aliphatic carboxylic acids is 1. The molecular formula is C14H17NO4S2. The molecule has 2 unspecified atom stereocenters. The number of carboxylic acids is 1. The van der Waals surface area contributed by atoms with E-state index in [4.69, 9.17) is 4.74 Å². The SMILES string of the molecule is COc1ccc(C2SCC(C(=O)O)N2C(=O)CCS)cc1. The molecule has 1 heterocycles. The number of hydrogen-bond donors (Lipinski definition) is 2. The van der Waals surface area contributed by atoms with Gasteiger partial charge in [-0.3, -0.25) is 4.79 Å². The van der Waals surface area contributed by atoms with Crippen LogP contribution in [-0.4, -0.2) is 46.5 Å². The number of carboxylic acid groups (broad SMARTS) is 1. The topological polar surface area (TPSA) is 66.8 Å². The van der Waals surface area contributed by atoms with E-state index >= 15 is 0 Å². The maximum absolute atomic E-state index is 12.2. The molecule has 114 valence electrons. The van der Waals surface area contributed by atoms with Gasteiger partial charge in [0.1, 0.15) is 17.2 Å². The molecule has 0 spiro atoms. The van der Waals surface area contributed by atoms with Crippen molar-refractivity contribution in [2.75, 3.05) is 18.6 Å². The maximum atomic E-state index is 12.2. The average Bonchev–Trinajstić information content (AvgIpc) is 2.92. The zero-order valence-corrected chi connectivity index (χ0v) is 13.3. The summed E-state index contributed by atoms with van der Waals surface area (Å²) in [7, 11) is 1.59. The summed E-state index contributed by atoms with van der Waals surface area (Å²) >= 11 is 5.52. The molecule has 5 nitrogen and oxygen atoms in total. The number of carbonyl (C=O) groups is 2. The standard InChI is InChI=1S/C14H17NO4S2/c1-19-10-4-2-9(3-5-10)13-15(12(16)6-7-20)11(8-21-13)14(17)18/h2-5,11,13,20H,6-8H2,1H3,(H,17,18). The van der Waals surface area contributed by atoms with Gasteiger partial charge in [0.05, 0.1) is 7.11 Å². The van der Waals surface area contributed by atoms with Crippen molar-refractivity contribution < 1.29 is 19.4 Å². The molecule has 21 heavy (non-hydrogen) atoms. The third-order valence-corrected chi connectivity index (χ3v) is 4.85. The van der Waals surface area contributed by atoms with Crippen molar-refractivity contribution >= 4 is 36.3 Å². The highest BCUT2D eigenvalue weighted by Gasteiger charge is 2.41. The zero-order chi connectivity index (χ0) is 15.4. The fourth-order valence-corrected chi connectivity index (χ4v) is 3.89. The van der Waals surface area contributed by atoms with Gasteiger partial charge < -0.3 is 14.7 Å². The zero-order valence-electron chi connectivity index (χ0n) is 11.6. The molecule has 1 amide bonds. The molecule has 0 saturated carbocycles. The van der Waals surface area contributed by atoms with Crippen LogP contribution < -0.4 is 4.74 Å². The molecule has 7 heteroatoms. The Labute approximate surface area is 133 Å². The Morgan fingerprint density at radius 1 is 1.43 bits per heavy atom. The number of hydrogen-bond acceptors (Lipinski definition) is 5. The first kappa shape index (κ1) is 16.0. The highest BCUT2D eigenvalue weighted by Crippen LogP contribution is 2.42. The van der Waals surface area contributed by atoms with Gasteiger partial charge in [-0.05, 0) is 23.4 Å². The second-order valence-electron chi connectivity index (χ2n) is 4.59. The van der Waals surface area contributed by atoms with E-state index in [1.54, 1.807) is 7.11 Å². The molecule has 2 atom stereocenters. The van der Waals surface area contributed by atoms with E-state index in [0.717, 1.165) is 11.3 Å². The van der Waals surface area contributed by atoms with Crippen LogP contribution in [0.5, 0.6) is 5.75 Å². The van der Waals surface area contributed by atoms with Crippen molar-refractivity contribution in [1.29, 1.82) is 0 Å². The minimum atomic E-state index is -0.967. The van der Waals surface area contributed by atoms with Gasteiger partial charge >= 0.3 is 5.97 Å². The lowest BCUT2D eigenvalue weighted by Crippen LogP contribution is -2.43. The lowest BCUT2D eigenvalue weighted by molar-refractivity contribution is -0.149.